The van der Waals surface area contributed by atoms with Crippen molar-refractivity contribution in [3.8, 4) is 0 Å². The second-order valence-electron chi connectivity index (χ2n) is 7.19. The van der Waals surface area contributed by atoms with Crippen molar-refractivity contribution in [2.45, 2.75) is 58.6 Å². The maximum atomic E-state index is 12.4. The molecule has 1 aromatic rings. The van der Waals surface area contributed by atoms with Crippen LogP contribution < -0.4 is 5.32 Å². The van der Waals surface area contributed by atoms with E-state index in [1.807, 2.05) is 31.7 Å². The van der Waals surface area contributed by atoms with Gasteiger partial charge < -0.3 is 15.0 Å². The zero-order valence-corrected chi connectivity index (χ0v) is 16.1. The number of aryl methyl sites for hydroxylation is 1. The molecule has 1 unspecified atom stereocenters. The van der Waals surface area contributed by atoms with E-state index in [1.165, 1.54) is 5.56 Å². The molecular formula is C18H27BrN2O2. The van der Waals surface area contributed by atoms with Gasteiger partial charge in [-0.1, -0.05) is 6.07 Å². The highest BCUT2D eigenvalue weighted by molar-refractivity contribution is 9.10. The van der Waals surface area contributed by atoms with Gasteiger partial charge in [-0.2, -0.15) is 0 Å². The Hall–Kier alpha value is -1.23. The van der Waals surface area contributed by atoms with E-state index in [-0.39, 0.29) is 12.1 Å². The molecule has 4 nitrogen and oxygen atoms in total. The van der Waals surface area contributed by atoms with Crippen molar-refractivity contribution >= 4 is 27.7 Å². The molecule has 1 aliphatic heterocycles. The molecule has 1 aromatic carbocycles. The van der Waals surface area contributed by atoms with Crippen LogP contribution in [0.4, 0.5) is 10.5 Å². The average molecular weight is 383 g/mol. The van der Waals surface area contributed by atoms with Crippen LogP contribution in [0.5, 0.6) is 0 Å². The molecule has 1 saturated heterocycles. The first-order valence-electron chi connectivity index (χ1n) is 8.26. The summed E-state index contributed by atoms with van der Waals surface area (Å²) in [4.78, 5) is 14.3. The lowest BCUT2D eigenvalue weighted by Gasteiger charge is -2.37. The minimum Gasteiger partial charge on any atom is -0.444 e. The molecule has 128 valence electrons. The van der Waals surface area contributed by atoms with Crippen molar-refractivity contribution < 1.29 is 9.53 Å². The summed E-state index contributed by atoms with van der Waals surface area (Å²) in [5.74, 6) is 0. The van der Waals surface area contributed by atoms with Gasteiger partial charge in [0.15, 0.2) is 0 Å². The molecule has 5 heteroatoms. The molecule has 0 bridgehead atoms. The number of carbonyl (C=O) groups excluding carboxylic acids is 1. The summed E-state index contributed by atoms with van der Waals surface area (Å²) >= 11 is 3.57. The molecule has 1 N–H and O–H groups in total. The van der Waals surface area contributed by atoms with Crippen molar-refractivity contribution in [3.05, 3.63) is 28.2 Å². The molecule has 0 saturated carbocycles. The summed E-state index contributed by atoms with van der Waals surface area (Å²) in [7, 11) is 0. The summed E-state index contributed by atoms with van der Waals surface area (Å²) in [6.07, 6.45) is 3.01. The highest BCUT2D eigenvalue weighted by atomic mass is 79.9. The molecule has 1 heterocycles. The smallest absolute Gasteiger partial charge is 0.410 e. The fourth-order valence-corrected chi connectivity index (χ4v) is 3.16. The minimum atomic E-state index is -0.452. The van der Waals surface area contributed by atoms with E-state index in [0.29, 0.717) is 0 Å². The van der Waals surface area contributed by atoms with Gasteiger partial charge >= 0.3 is 6.09 Å². The zero-order valence-electron chi connectivity index (χ0n) is 14.5. The number of hydrogen-bond acceptors (Lipinski definition) is 3. The van der Waals surface area contributed by atoms with Crippen molar-refractivity contribution in [1.82, 2.24) is 4.90 Å². The molecule has 1 aliphatic rings. The number of anilines is 1. The summed E-state index contributed by atoms with van der Waals surface area (Å²) in [5.41, 5.74) is 1.83. The number of rotatable bonds is 3. The molecule has 1 atom stereocenters. The molecule has 1 fully saturated rings. The average Bonchev–Trinajstić information content (AvgIpc) is 2.47. The van der Waals surface area contributed by atoms with Crippen LogP contribution >= 0.6 is 15.9 Å². The van der Waals surface area contributed by atoms with Gasteiger partial charge in [-0.3, -0.25) is 0 Å². The molecule has 2 rings (SSSR count). The second kappa shape index (κ2) is 7.56. The fraction of sp³-hybridized carbons (Fsp3) is 0.611. The monoisotopic (exact) mass is 382 g/mol. The highest BCUT2D eigenvalue weighted by Crippen LogP contribution is 2.25. The van der Waals surface area contributed by atoms with E-state index in [1.54, 1.807) is 0 Å². The molecule has 0 aromatic heterocycles. The Balaban J connectivity index is 2.01. The quantitative estimate of drug-likeness (QED) is 0.802. The van der Waals surface area contributed by atoms with Crippen LogP contribution in [0.1, 0.15) is 45.6 Å². The first-order valence-corrected chi connectivity index (χ1v) is 9.05. The summed E-state index contributed by atoms with van der Waals surface area (Å²) in [5, 5.41) is 3.47. The fourth-order valence-electron chi connectivity index (χ4n) is 2.78. The number of ether oxygens (including phenoxy) is 1. The van der Waals surface area contributed by atoms with Gasteiger partial charge in [0.1, 0.15) is 5.60 Å². The lowest BCUT2D eigenvalue weighted by molar-refractivity contribution is 0.0114. The Morgan fingerprint density at radius 3 is 2.83 bits per heavy atom. The summed E-state index contributed by atoms with van der Waals surface area (Å²) < 4.78 is 6.60. The normalized spacial score (nSPS) is 18.7. The summed E-state index contributed by atoms with van der Waals surface area (Å²) in [6, 6.07) is 6.41. The number of halogens is 1. The predicted octanol–water partition coefficient (Wildman–Crippen LogP) is 4.96. The van der Waals surface area contributed by atoms with Crippen molar-refractivity contribution in [2.75, 3.05) is 18.4 Å². The Morgan fingerprint density at radius 2 is 2.13 bits per heavy atom. The SMILES string of the molecule is Cc1ccc(Br)c(NCC2CCCCN2C(=O)OC(C)(C)C)c1. The molecule has 1 amide bonds. The highest BCUT2D eigenvalue weighted by Gasteiger charge is 2.30. The van der Waals surface area contributed by atoms with E-state index >= 15 is 0 Å². The zero-order chi connectivity index (χ0) is 17.0. The molecule has 23 heavy (non-hydrogen) atoms. The molecular weight excluding hydrogens is 356 g/mol. The molecule has 0 spiro atoms. The van der Waals surface area contributed by atoms with Crippen molar-refractivity contribution in [3.63, 3.8) is 0 Å². The third-order valence-electron chi connectivity index (χ3n) is 3.91. The van der Waals surface area contributed by atoms with Crippen LogP contribution in [0.15, 0.2) is 22.7 Å². The maximum absolute atomic E-state index is 12.4. The van der Waals surface area contributed by atoms with Crippen LogP contribution in [-0.4, -0.2) is 35.7 Å². The van der Waals surface area contributed by atoms with E-state index in [4.69, 9.17) is 4.74 Å². The number of carbonyl (C=O) groups is 1. The van der Waals surface area contributed by atoms with Gasteiger partial charge in [0, 0.05) is 23.2 Å². The van der Waals surface area contributed by atoms with E-state index in [9.17, 15) is 4.79 Å². The number of benzene rings is 1. The number of likely N-dealkylation sites (tertiary alicyclic amines) is 1. The van der Waals surface area contributed by atoms with Crippen molar-refractivity contribution in [2.24, 2.45) is 0 Å². The van der Waals surface area contributed by atoms with Crippen LogP contribution in [0, 0.1) is 6.92 Å². The van der Waals surface area contributed by atoms with Crippen LogP contribution in [-0.2, 0) is 4.74 Å². The lowest BCUT2D eigenvalue weighted by Crippen LogP contribution is -2.48. The van der Waals surface area contributed by atoms with E-state index in [0.717, 1.165) is 42.5 Å². The number of hydrogen-bond donors (Lipinski definition) is 1. The predicted molar refractivity (Wildman–Crippen MR) is 97.9 cm³/mol. The first-order chi connectivity index (χ1) is 10.8. The number of nitrogens with one attached hydrogen (secondary N) is 1. The largest absolute Gasteiger partial charge is 0.444 e. The van der Waals surface area contributed by atoms with E-state index < -0.39 is 5.60 Å². The van der Waals surface area contributed by atoms with Gasteiger partial charge in [-0.15, -0.1) is 0 Å². The first kappa shape index (κ1) is 18.1. The van der Waals surface area contributed by atoms with Crippen molar-refractivity contribution in [1.29, 1.82) is 0 Å². The Bertz CT molecular complexity index is 554. The Morgan fingerprint density at radius 1 is 1.39 bits per heavy atom. The van der Waals surface area contributed by atoms with Gasteiger partial charge in [-0.25, -0.2) is 4.79 Å². The van der Waals surface area contributed by atoms with Gasteiger partial charge in [0.25, 0.3) is 0 Å². The van der Waals surface area contributed by atoms with Gasteiger partial charge in [0.2, 0.25) is 0 Å². The molecule has 0 aliphatic carbocycles. The minimum absolute atomic E-state index is 0.172. The second-order valence-corrected chi connectivity index (χ2v) is 8.04. The third-order valence-corrected chi connectivity index (χ3v) is 4.60. The number of piperidine rings is 1. The Labute approximate surface area is 147 Å². The Kier molecular flexibility index (Phi) is 5.95. The third kappa shape index (κ3) is 5.41. The van der Waals surface area contributed by atoms with Crippen LogP contribution in [0.2, 0.25) is 0 Å². The molecule has 0 radical (unpaired) electrons. The van der Waals surface area contributed by atoms with Gasteiger partial charge in [-0.05, 0) is 80.6 Å². The number of amides is 1. The number of nitrogens with zero attached hydrogens (tertiary/aromatic N) is 1. The van der Waals surface area contributed by atoms with E-state index in [2.05, 4.69) is 40.3 Å². The summed E-state index contributed by atoms with van der Waals surface area (Å²) in [6.45, 7) is 9.31. The topological polar surface area (TPSA) is 41.6 Å². The van der Waals surface area contributed by atoms with Crippen LogP contribution in [0.25, 0.3) is 0 Å². The van der Waals surface area contributed by atoms with Crippen LogP contribution in [0.3, 0.4) is 0 Å². The maximum Gasteiger partial charge on any atom is 0.410 e. The van der Waals surface area contributed by atoms with Gasteiger partial charge in [0.05, 0.1) is 6.04 Å². The lowest BCUT2D eigenvalue weighted by atomic mass is 10.0. The standard InChI is InChI=1S/C18H27BrN2O2/c1-13-8-9-15(19)16(11-13)20-12-14-7-5-6-10-21(14)17(22)23-18(2,3)4/h8-9,11,14,20H,5-7,10,12H2,1-4H3.